The van der Waals surface area contributed by atoms with Crippen LogP contribution in [0.5, 0.6) is 5.75 Å². The largest absolute Gasteiger partial charge is 0.497 e. The van der Waals surface area contributed by atoms with Crippen molar-refractivity contribution in [3.63, 3.8) is 0 Å². The second-order valence-electron chi connectivity index (χ2n) is 9.37. The first-order valence-corrected chi connectivity index (χ1v) is 12.9. The van der Waals surface area contributed by atoms with Crippen LogP contribution in [0.4, 0.5) is 4.39 Å². The molecule has 0 saturated carbocycles. The fourth-order valence-corrected chi connectivity index (χ4v) is 4.66. The van der Waals surface area contributed by atoms with Gasteiger partial charge in [-0.3, -0.25) is 0 Å². The van der Waals surface area contributed by atoms with Crippen LogP contribution in [0.1, 0.15) is 54.4 Å². The molecule has 194 valence electrons. The zero-order valence-electron chi connectivity index (χ0n) is 21.3. The Morgan fingerprint density at radius 3 is 2.51 bits per heavy atom. The molecule has 2 aliphatic rings. The Kier molecular flexibility index (Phi) is 8.19. The predicted octanol–water partition coefficient (Wildman–Crippen LogP) is 6.68. The van der Waals surface area contributed by atoms with Crippen LogP contribution >= 0.6 is 0 Å². The number of unbranched alkanes of at least 4 members (excludes halogenated alkanes) is 1. The maximum Gasteiger partial charge on any atom is 0.184 e. The Morgan fingerprint density at radius 2 is 1.76 bits per heavy atom. The van der Waals surface area contributed by atoms with E-state index < -0.39 is 12.4 Å². The second-order valence-corrected chi connectivity index (χ2v) is 9.37. The van der Waals surface area contributed by atoms with Gasteiger partial charge in [-0.05, 0) is 53.5 Å². The normalized spacial score (nSPS) is 23.2. The molecule has 5 nitrogen and oxygen atoms in total. The minimum Gasteiger partial charge on any atom is -0.497 e. The van der Waals surface area contributed by atoms with E-state index >= 15 is 0 Å². The molecule has 0 bridgehead atoms. The highest BCUT2D eigenvalue weighted by molar-refractivity contribution is 5.36. The molecule has 5 rings (SSSR count). The van der Waals surface area contributed by atoms with Crippen molar-refractivity contribution in [2.75, 3.05) is 20.3 Å². The summed E-state index contributed by atoms with van der Waals surface area (Å²) >= 11 is 0. The van der Waals surface area contributed by atoms with E-state index in [9.17, 15) is 4.39 Å². The van der Waals surface area contributed by atoms with E-state index in [0.29, 0.717) is 25.2 Å². The predicted molar refractivity (Wildman–Crippen MR) is 139 cm³/mol. The molecule has 2 aliphatic heterocycles. The number of hydrogen-bond acceptors (Lipinski definition) is 5. The molecule has 0 radical (unpaired) electrons. The lowest BCUT2D eigenvalue weighted by atomic mass is 9.97. The zero-order valence-corrected chi connectivity index (χ0v) is 21.3. The zero-order chi connectivity index (χ0) is 25.6. The van der Waals surface area contributed by atoms with Crippen molar-refractivity contribution < 1.29 is 28.1 Å². The Balaban J connectivity index is 1.38. The molecule has 3 aromatic carbocycles. The van der Waals surface area contributed by atoms with Gasteiger partial charge < -0.3 is 23.7 Å². The van der Waals surface area contributed by atoms with Crippen LogP contribution in [-0.4, -0.2) is 32.5 Å². The van der Waals surface area contributed by atoms with Crippen molar-refractivity contribution in [1.82, 2.24) is 0 Å². The van der Waals surface area contributed by atoms with Crippen molar-refractivity contribution in [3.8, 4) is 5.75 Å². The molecule has 0 aromatic heterocycles. The van der Waals surface area contributed by atoms with Crippen LogP contribution in [0.2, 0.25) is 0 Å². The Hall–Kier alpha value is -3.19. The molecule has 37 heavy (non-hydrogen) atoms. The first-order valence-electron chi connectivity index (χ1n) is 12.9. The Bertz CT molecular complexity index is 1190. The summed E-state index contributed by atoms with van der Waals surface area (Å²) in [7, 11) is 1.63. The van der Waals surface area contributed by atoms with Gasteiger partial charge in [0.1, 0.15) is 35.6 Å². The van der Waals surface area contributed by atoms with Crippen molar-refractivity contribution >= 4 is 0 Å². The minimum absolute atomic E-state index is 0.244. The van der Waals surface area contributed by atoms with E-state index in [-0.39, 0.29) is 18.0 Å². The highest BCUT2D eigenvalue weighted by atomic mass is 19.1. The molecule has 0 aliphatic carbocycles. The smallest absolute Gasteiger partial charge is 0.184 e. The molecule has 0 spiro atoms. The molecule has 1 fully saturated rings. The lowest BCUT2D eigenvalue weighted by molar-refractivity contribution is -0.274. The third-order valence-electron chi connectivity index (χ3n) is 6.73. The summed E-state index contributed by atoms with van der Waals surface area (Å²) in [5.41, 5.74) is 3.43. The van der Waals surface area contributed by atoms with Gasteiger partial charge in [-0.25, -0.2) is 4.39 Å². The highest BCUT2D eigenvalue weighted by Gasteiger charge is 2.41. The lowest BCUT2D eigenvalue weighted by Gasteiger charge is -2.41. The molecule has 4 atom stereocenters. The topological polar surface area (TPSA) is 46.2 Å². The molecule has 1 saturated heterocycles. The number of benzene rings is 3. The fourth-order valence-electron chi connectivity index (χ4n) is 4.66. The summed E-state index contributed by atoms with van der Waals surface area (Å²) in [5.74, 6) is 1.28. The van der Waals surface area contributed by atoms with E-state index in [1.165, 1.54) is 6.07 Å². The van der Waals surface area contributed by atoms with E-state index in [0.717, 1.165) is 41.0 Å². The quantitative estimate of drug-likeness (QED) is 0.304. The van der Waals surface area contributed by atoms with Gasteiger partial charge in [0.15, 0.2) is 6.29 Å². The van der Waals surface area contributed by atoms with Crippen molar-refractivity contribution in [3.05, 3.63) is 113 Å². The number of ether oxygens (including phenoxy) is 5. The van der Waals surface area contributed by atoms with Crippen LogP contribution in [-0.2, 0) is 25.4 Å². The number of hydrogen-bond donors (Lipinski definition) is 0. The first kappa shape index (κ1) is 25.5. The maximum atomic E-state index is 14.8. The monoisotopic (exact) mass is 504 g/mol. The van der Waals surface area contributed by atoms with Crippen molar-refractivity contribution in [1.29, 1.82) is 0 Å². The minimum atomic E-state index is -0.484. The standard InChI is InChI=1S/C31H33FO5/c1-3-4-16-34-28-19-27(36-29-20-35-31(37-30(28)29)22-8-6-5-7-9-22)23-12-15-26(32)24(18-23)17-21-10-13-25(33-2)14-11-21/h5-15,18-19,27,29-31H,3-4,16-17,20H2,1-2H3. The molecule has 6 heteroatoms. The number of methoxy groups -OCH3 is 1. The van der Waals surface area contributed by atoms with Crippen molar-refractivity contribution in [2.45, 2.75) is 50.8 Å². The van der Waals surface area contributed by atoms with E-state index in [1.807, 2.05) is 66.7 Å². The third kappa shape index (κ3) is 6.04. The summed E-state index contributed by atoms with van der Waals surface area (Å²) in [6, 6.07) is 22.7. The average molecular weight is 505 g/mol. The number of fused-ring (bicyclic) bond motifs is 1. The van der Waals surface area contributed by atoms with Crippen LogP contribution in [0.3, 0.4) is 0 Å². The van der Waals surface area contributed by atoms with Gasteiger partial charge in [0.05, 0.1) is 20.3 Å². The summed E-state index contributed by atoms with van der Waals surface area (Å²) in [6.45, 7) is 3.10. The van der Waals surface area contributed by atoms with Gasteiger partial charge >= 0.3 is 0 Å². The molecule has 4 unspecified atom stereocenters. The molecular formula is C31H33FO5. The van der Waals surface area contributed by atoms with Crippen LogP contribution in [0.25, 0.3) is 0 Å². The molecule has 3 aromatic rings. The van der Waals surface area contributed by atoms with Crippen LogP contribution in [0.15, 0.2) is 84.6 Å². The molecule has 0 amide bonds. The second kappa shape index (κ2) is 11.9. The highest BCUT2D eigenvalue weighted by Crippen LogP contribution is 2.39. The summed E-state index contributed by atoms with van der Waals surface area (Å²) in [5, 5.41) is 0. The third-order valence-corrected chi connectivity index (χ3v) is 6.73. The van der Waals surface area contributed by atoms with Gasteiger partial charge in [0.25, 0.3) is 0 Å². The number of halogens is 1. The van der Waals surface area contributed by atoms with Gasteiger partial charge in [0.2, 0.25) is 0 Å². The average Bonchev–Trinajstić information content (AvgIpc) is 2.95. The summed E-state index contributed by atoms with van der Waals surface area (Å²) < 4.78 is 45.0. The van der Waals surface area contributed by atoms with E-state index in [1.54, 1.807) is 13.2 Å². The van der Waals surface area contributed by atoms with E-state index in [2.05, 4.69) is 6.92 Å². The fraction of sp³-hybridized carbons (Fsp3) is 0.355. The summed E-state index contributed by atoms with van der Waals surface area (Å²) in [4.78, 5) is 0. The maximum absolute atomic E-state index is 14.8. The SMILES string of the molecule is CCCCOC1=CC(c2ccc(F)c(Cc3ccc(OC)cc3)c2)OC2COC(c3ccccc3)OC12. The first-order chi connectivity index (χ1) is 18.1. The Morgan fingerprint density at radius 1 is 0.946 bits per heavy atom. The van der Waals surface area contributed by atoms with Gasteiger partial charge in [-0.15, -0.1) is 0 Å². The Labute approximate surface area is 217 Å². The van der Waals surface area contributed by atoms with Gasteiger partial charge in [-0.1, -0.05) is 61.9 Å². The molecule has 0 N–H and O–H groups in total. The van der Waals surface area contributed by atoms with Crippen LogP contribution in [0, 0.1) is 5.82 Å². The molecular weight excluding hydrogens is 471 g/mol. The van der Waals surface area contributed by atoms with Crippen LogP contribution < -0.4 is 4.74 Å². The molecule has 2 heterocycles. The van der Waals surface area contributed by atoms with Gasteiger partial charge in [-0.2, -0.15) is 0 Å². The van der Waals surface area contributed by atoms with Gasteiger partial charge in [0, 0.05) is 12.0 Å². The number of rotatable bonds is 9. The van der Waals surface area contributed by atoms with Crippen molar-refractivity contribution in [2.24, 2.45) is 0 Å². The van der Waals surface area contributed by atoms with E-state index in [4.69, 9.17) is 23.7 Å². The summed E-state index contributed by atoms with van der Waals surface area (Å²) in [6.07, 6.45) is 2.83. The lowest BCUT2D eigenvalue weighted by Crippen LogP contribution is -2.46.